The maximum atomic E-state index is 3.80. The fourth-order valence-electron chi connectivity index (χ4n) is 3.26. The Bertz CT molecular complexity index is 422. The van der Waals surface area contributed by atoms with Crippen molar-refractivity contribution < 1.29 is 0 Å². The molecule has 1 aliphatic carbocycles. The zero-order chi connectivity index (χ0) is 13.8. The lowest BCUT2D eigenvalue weighted by Gasteiger charge is -2.27. The van der Waals surface area contributed by atoms with E-state index in [0.29, 0.717) is 6.04 Å². The van der Waals surface area contributed by atoms with Crippen LogP contribution in [0.1, 0.15) is 61.8 Å². The molecular weight excluding hydrogens is 298 g/mol. The highest BCUT2D eigenvalue weighted by Crippen LogP contribution is 2.38. The Morgan fingerprint density at radius 3 is 2.53 bits per heavy atom. The summed E-state index contributed by atoms with van der Waals surface area (Å²) in [5, 5.41) is 3.80. The van der Waals surface area contributed by atoms with E-state index in [2.05, 4.69) is 54.2 Å². The van der Waals surface area contributed by atoms with E-state index in [-0.39, 0.29) is 0 Å². The van der Waals surface area contributed by atoms with Gasteiger partial charge in [0.15, 0.2) is 0 Å². The molecule has 0 heterocycles. The Labute approximate surface area is 126 Å². The minimum absolute atomic E-state index is 0.550. The van der Waals surface area contributed by atoms with Crippen molar-refractivity contribution in [3.8, 4) is 0 Å². The van der Waals surface area contributed by atoms with Crippen molar-refractivity contribution in [3.05, 3.63) is 33.3 Å². The van der Waals surface area contributed by atoms with E-state index in [4.69, 9.17) is 0 Å². The Hall–Kier alpha value is -0.340. The predicted molar refractivity (Wildman–Crippen MR) is 86.6 cm³/mol. The summed E-state index contributed by atoms with van der Waals surface area (Å²) in [5.41, 5.74) is 4.28. The molecule has 106 valence electrons. The molecule has 1 saturated carbocycles. The predicted octanol–water partition coefficient (Wildman–Crippen LogP) is 5.30. The highest BCUT2D eigenvalue weighted by molar-refractivity contribution is 9.10. The first kappa shape index (κ1) is 15.1. The van der Waals surface area contributed by atoms with Crippen molar-refractivity contribution in [1.29, 1.82) is 0 Å². The SMILES string of the molecule is CCCNC(c1cc(C)c(Br)cc1C)C1CCCC1. The van der Waals surface area contributed by atoms with Crippen LogP contribution in [0.3, 0.4) is 0 Å². The number of halogens is 1. The van der Waals surface area contributed by atoms with E-state index in [1.54, 1.807) is 0 Å². The molecule has 1 atom stereocenters. The van der Waals surface area contributed by atoms with Crippen LogP contribution in [0.5, 0.6) is 0 Å². The molecule has 2 heteroatoms. The lowest BCUT2D eigenvalue weighted by atomic mass is 9.88. The molecule has 0 aromatic heterocycles. The standard InChI is InChI=1S/C17H26BrN/c1-4-9-19-17(14-7-5-6-8-14)15-10-13(3)16(18)11-12(15)2/h10-11,14,17,19H,4-9H2,1-3H3. The highest BCUT2D eigenvalue weighted by atomic mass is 79.9. The summed E-state index contributed by atoms with van der Waals surface area (Å²) in [7, 11) is 0. The molecule has 0 radical (unpaired) electrons. The van der Waals surface area contributed by atoms with Crippen LogP contribution in [0.25, 0.3) is 0 Å². The molecule has 2 rings (SSSR count). The minimum Gasteiger partial charge on any atom is -0.310 e. The number of nitrogens with one attached hydrogen (secondary N) is 1. The van der Waals surface area contributed by atoms with Crippen LogP contribution in [0, 0.1) is 19.8 Å². The van der Waals surface area contributed by atoms with Gasteiger partial charge in [0.25, 0.3) is 0 Å². The number of hydrogen-bond acceptors (Lipinski definition) is 1. The Morgan fingerprint density at radius 1 is 1.21 bits per heavy atom. The molecule has 1 unspecified atom stereocenters. The van der Waals surface area contributed by atoms with E-state index < -0.39 is 0 Å². The molecule has 1 aliphatic rings. The number of hydrogen-bond donors (Lipinski definition) is 1. The molecule has 0 aliphatic heterocycles. The van der Waals surface area contributed by atoms with Crippen molar-refractivity contribution in [2.24, 2.45) is 5.92 Å². The van der Waals surface area contributed by atoms with Gasteiger partial charge in [0.1, 0.15) is 0 Å². The van der Waals surface area contributed by atoms with Gasteiger partial charge in [-0.1, -0.05) is 41.8 Å². The maximum absolute atomic E-state index is 3.80. The molecule has 1 aromatic carbocycles. The summed E-state index contributed by atoms with van der Waals surface area (Å²) in [4.78, 5) is 0. The van der Waals surface area contributed by atoms with Crippen molar-refractivity contribution in [2.75, 3.05) is 6.54 Å². The zero-order valence-corrected chi connectivity index (χ0v) is 14.0. The van der Waals surface area contributed by atoms with Crippen molar-refractivity contribution in [1.82, 2.24) is 5.32 Å². The second-order valence-corrected chi connectivity index (χ2v) is 6.79. The van der Waals surface area contributed by atoms with Gasteiger partial charge < -0.3 is 5.32 Å². The average molecular weight is 324 g/mol. The maximum Gasteiger partial charge on any atom is 0.0351 e. The first-order valence-corrected chi connectivity index (χ1v) is 8.42. The second kappa shape index (κ2) is 6.90. The van der Waals surface area contributed by atoms with Crippen LogP contribution in [0.15, 0.2) is 16.6 Å². The fraction of sp³-hybridized carbons (Fsp3) is 0.647. The van der Waals surface area contributed by atoms with Crippen LogP contribution in [-0.2, 0) is 0 Å². The number of benzene rings is 1. The van der Waals surface area contributed by atoms with Gasteiger partial charge in [-0.15, -0.1) is 0 Å². The van der Waals surface area contributed by atoms with Crippen molar-refractivity contribution >= 4 is 15.9 Å². The average Bonchev–Trinajstić information content (AvgIpc) is 2.89. The first-order valence-electron chi connectivity index (χ1n) is 7.63. The third kappa shape index (κ3) is 3.61. The van der Waals surface area contributed by atoms with Crippen LogP contribution in [0.4, 0.5) is 0 Å². The molecule has 1 nitrogen and oxygen atoms in total. The third-order valence-electron chi connectivity index (χ3n) is 4.37. The van der Waals surface area contributed by atoms with Crippen molar-refractivity contribution in [3.63, 3.8) is 0 Å². The van der Waals surface area contributed by atoms with E-state index >= 15 is 0 Å². The van der Waals surface area contributed by atoms with Crippen LogP contribution in [0.2, 0.25) is 0 Å². The lowest BCUT2D eigenvalue weighted by molar-refractivity contribution is 0.367. The van der Waals surface area contributed by atoms with Gasteiger partial charge in [-0.3, -0.25) is 0 Å². The summed E-state index contributed by atoms with van der Waals surface area (Å²) in [5.74, 6) is 0.825. The van der Waals surface area contributed by atoms with Crippen LogP contribution < -0.4 is 5.32 Å². The lowest BCUT2D eigenvalue weighted by Crippen LogP contribution is -2.28. The Morgan fingerprint density at radius 2 is 1.89 bits per heavy atom. The van der Waals surface area contributed by atoms with Crippen LogP contribution in [-0.4, -0.2) is 6.54 Å². The van der Waals surface area contributed by atoms with Gasteiger partial charge >= 0.3 is 0 Å². The third-order valence-corrected chi connectivity index (χ3v) is 5.22. The molecule has 1 fully saturated rings. The van der Waals surface area contributed by atoms with E-state index in [9.17, 15) is 0 Å². The summed E-state index contributed by atoms with van der Waals surface area (Å²) in [6.45, 7) is 7.81. The first-order chi connectivity index (χ1) is 9.13. The molecular formula is C17H26BrN. The van der Waals surface area contributed by atoms with E-state index in [1.807, 2.05) is 0 Å². The van der Waals surface area contributed by atoms with Gasteiger partial charge in [-0.25, -0.2) is 0 Å². The summed E-state index contributed by atoms with van der Waals surface area (Å²) in [6, 6.07) is 5.21. The van der Waals surface area contributed by atoms with Gasteiger partial charge in [-0.05, 0) is 68.3 Å². The molecule has 19 heavy (non-hydrogen) atoms. The second-order valence-electron chi connectivity index (χ2n) is 5.93. The Kier molecular flexibility index (Phi) is 5.47. The number of rotatable bonds is 5. The largest absolute Gasteiger partial charge is 0.310 e. The van der Waals surface area contributed by atoms with E-state index in [0.717, 1.165) is 12.5 Å². The normalized spacial score (nSPS) is 17.9. The minimum atomic E-state index is 0.550. The van der Waals surface area contributed by atoms with Gasteiger partial charge in [0.05, 0.1) is 0 Å². The molecule has 1 N–H and O–H groups in total. The summed E-state index contributed by atoms with van der Waals surface area (Å²) in [6.07, 6.45) is 6.79. The number of aryl methyl sites for hydroxylation is 2. The van der Waals surface area contributed by atoms with Crippen molar-refractivity contribution in [2.45, 2.75) is 58.9 Å². The van der Waals surface area contributed by atoms with Crippen LogP contribution >= 0.6 is 15.9 Å². The Balaban J connectivity index is 2.28. The van der Waals surface area contributed by atoms with E-state index in [1.165, 1.54) is 53.3 Å². The monoisotopic (exact) mass is 323 g/mol. The molecule has 1 aromatic rings. The molecule has 0 amide bonds. The molecule has 0 spiro atoms. The van der Waals surface area contributed by atoms with Gasteiger partial charge in [0, 0.05) is 10.5 Å². The van der Waals surface area contributed by atoms with Gasteiger partial charge in [0.2, 0.25) is 0 Å². The molecule has 0 bridgehead atoms. The smallest absolute Gasteiger partial charge is 0.0351 e. The summed E-state index contributed by atoms with van der Waals surface area (Å²) < 4.78 is 1.23. The topological polar surface area (TPSA) is 12.0 Å². The van der Waals surface area contributed by atoms with Gasteiger partial charge in [-0.2, -0.15) is 0 Å². The molecule has 0 saturated heterocycles. The fourth-order valence-corrected chi connectivity index (χ4v) is 3.72. The highest BCUT2D eigenvalue weighted by Gasteiger charge is 2.27. The zero-order valence-electron chi connectivity index (χ0n) is 12.4. The quantitative estimate of drug-likeness (QED) is 0.775. The summed E-state index contributed by atoms with van der Waals surface area (Å²) >= 11 is 3.65.